The zero-order valence-electron chi connectivity index (χ0n) is 12.2. The zero-order valence-corrected chi connectivity index (χ0v) is 13.0. The van der Waals surface area contributed by atoms with Crippen LogP contribution in [0.1, 0.15) is 23.6 Å². The lowest BCUT2D eigenvalue weighted by molar-refractivity contribution is 0.296. The third-order valence-corrected chi connectivity index (χ3v) is 3.38. The molecule has 2 nitrogen and oxygen atoms in total. The third-order valence-electron chi connectivity index (χ3n) is 3.15. The van der Waals surface area contributed by atoms with Crippen LogP contribution < -0.4 is 10.5 Å². The average Bonchev–Trinajstić information content (AvgIpc) is 2.41. The molecule has 0 heterocycles. The van der Waals surface area contributed by atoms with Gasteiger partial charge in [-0.2, -0.15) is 0 Å². The van der Waals surface area contributed by atoms with Crippen LogP contribution in [0.25, 0.3) is 0 Å². The van der Waals surface area contributed by atoms with Gasteiger partial charge < -0.3 is 10.5 Å². The van der Waals surface area contributed by atoms with Crippen LogP contribution in [0.5, 0.6) is 5.75 Å². The molecule has 0 bridgehead atoms. The fraction of sp³-hybridized carbons (Fsp3) is 0.294. The number of halogens is 2. The molecular formula is C17H19ClFNO. The Labute approximate surface area is 129 Å². The summed E-state index contributed by atoms with van der Waals surface area (Å²) < 4.78 is 19.4. The average molecular weight is 308 g/mol. The van der Waals surface area contributed by atoms with Crippen LogP contribution in [0.3, 0.4) is 0 Å². The lowest BCUT2D eigenvalue weighted by Gasteiger charge is -2.14. The molecule has 4 heteroatoms. The molecule has 2 aromatic carbocycles. The molecule has 0 radical (unpaired) electrons. The van der Waals surface area contributed by atoms with Crippen LogP contribution in [0.15, 0.2) is 36.4 Å². The van der Waals surface area contributed by atoms with Gasteiger partial charge in [0.05, 0.1) is 0 Å². The summed E-state index contributed by atoms with van der Waals surface area (Å²) in [5, 5.41) is 0.495. The van der Waals surface area contributed by atoms with Gasteiger partial charge in [-0.1, -0.05) is 29.3 Å². The van der Waals surface area contributed by atoms with E-state index in [0.717, 1.165) is 23.3 Å². The van der Waals surface area contributed by atoms with Crippen LogP contribution in [0, 0.1) is 12.7 Å². The van der Waals surface area contributed by atoms with Gasteiger partial charge in [-0.05, 0) is 50.1 Å². The molecule has 0 fully saturated rings. The van der Waals surface area contributed by atoms with Crippen molar-refractivity contribution < 1.29 is 9.13 Å². The Morgan fingerprint density at radius 1 is 1.19 bits per heavy atom. The van der Waals surface area contributed by atoms with Crippen LogP contribution in [-0.2, 0) is 13.0 Å². The van der Waals surface area contributed by atoms with Crippen molar-refractivity contribution in [1.29, 1.82) is 0 Å². The summed E-state index contributed by atoms with van der Waals surface area (Å²) in [5.41, 5.74) is 8.48. The topological polar surface area (TPSA) is 35.2 Å². The molecule has 0 aliphatic rings. The first-order valence-electron chi connectivity index (χ1n) is 6.87. The highest BCUT2D eigenvalue weighted by Crippen LogP contribution is 2.24. The Balaban J connectivity index is 2.17. The largest absolute Gasteiger partial charge is 0.489 e. The summed E-state index contributed by atoms with van der Waals surface area (Å²) in [7, 11) is 0. The molecule has 0 aliphatic carbocycles. The zero-order chi connectivity index (χ0) is 15.4. The van der Waals surface area contributed by atoms with Crippen LogP contribution in [0.2, 0.25) is 5.02 Å². The molecule has 0 aromatic heterocycles. The van der Waals surface area contributed by atoms with Crippen molar-refractivity contribution >= 4 is 11.6 Å². The van der Waals surface area contributed by atoms with Crippen molar-refractivity contribution in [2.45, 2.75) is 32.9 Å². The van der Waals surface area contributed by atoms with Gasteiger partial charge in [-0.25, -0.2) is 4.39 Å². The summed E-state index contributed by atoms with van der Waals surface area (Å²) in [5.74, 6) is 0.414. The Morgan fingerprint density at radius 2 is 1.95 bits per heavy atom. The second kappa shape index (κ2) is 6.92. The highest BCUT2D eigenvalue weighted by Gasteiger charge is 2.09. The molecule has 21 heavy (non-hydrogen) atoms. The predicted molar refractivity (Wildman–Crippen MR) is 84.3 cm³/mol. The maximum Gasteiger partial charge on any atom is 0.129 e. The minimum absolute atomic E-state index is 0.0389. The summed E-state index contributed by atoms with van der Waals surface area (Å²) in [4.78, 5) is 0. The Bertz CT molecular complexity index is 628. The number of rotatable bonds is 5. The minimum atomic E-state index is -0.319. The van der Waals surface area contributed by atoms with Crippen molar-refractivity contribution in [2.75, 3.05) is 0 Å². The number of ether oxygens (including phenoxy) is 1. The molecule has 1 atom stereocenters. The standard InChI is InChI=1S/C17H19ClFNO/c1-11-3-6-17(13(7-11)8-12(2)20)21-10-14-9-15(18)4-5-16(14)19/h3-7,9,12H,8,10,20H2,1-2H3. The fourth-order valence-corrected chi connectivity index (χ4v) is 2.36. The van der Waals surface area contributed by atoms with E-state index >= 15 is 0 Å². The van der Waals surface area contributed by atoms with Gasteiger partial charge in [0, 0.05) is 16.6 Å². The monoisotopic (exact) mass is 307 g/mol. The summed E-state index contributed by atoms with van der Waals surface area (Å²) in [6, 6.07) is 10.4. The van der Waals surface area contributed by atoms with Crippen LogP contribution >= 0.6 is 11.6 Å². The smallest absolute Gasteiger partial charge is 0.129 e. The van der Waals surface area contributed by atoms with E-state index in [-0.39, 0.29) is 18.5 Å². The van der Waals surface area contributed by atoms with Gasteiger partial charge in [0.1, 0.15) is 18.2 Å². The highest BCUT2D eigenvalue weighted by molar-refractivity contribution is 6.30. The molecule has 2 aromatic rings. The number of hydrogen-bond acceptors (Lipinski definition) is 2. The van der Waals surface area contributed by atoms with Crippen molar-refractivity contribution in [1.82, 2.24) is 0 Å². The maximum absolute atomic E-state index is 13.7. The van der Waals surface area contributed by atoms with E-state index in [4.69, 9.17) is 22.1 Å². The quantitative estimate of drug-likeness (QED) is 0.896. The van der Waals surface area contributed by atoms with E-state index in [1.807, 2.05) is 32.0 Å². The first-order valence-corrected chi connectivity index (χ1v) is 7.25. The highest BCUT2D eigenvalue weighted by atomic mass is 35.5. The van der Waals surface area contributed by atoms with E-state index in [9.17, 15) is 4.39 Å². The number of hydrogen-bond donors (Lipinski definition) is 1. The van der Waals surface area contributed by atoms with Crippen LogP contribution in [-0.4, -0.2) is 6.04 Å². The molecule has 0 saturated carbocycles. The minimum Gasteiger partial charge on any atom is -0.489 e. The van der Waals surface area contributed by atoms with Crippen molar-refractivity contribution in [3.8, 4) is 5.75 Å². The molecule has 2 rings (SSSR count). The summed E-state index contributed by atoms with van der Waals surface area (Å²) in [6.45, 7) is 4.11. The van der Waals surface area contributed by atoms with Crippen molar-refractivity contribution in [2.24, 2.45) is 5.73 Å². The number of aryl methyl sites for hydroxylation is 1. The van der Waals surface area contributed by atoms with E-state index in [2.05, 4.69) is 0 Å². The van der Waals surface area contributed by atoms with Gasteiger partial charge in [-0.15, -0.1) is 0 Å². The fourth-order valence-electron chi connectivity index (χ4n) is 2.16. The SMILES string of the molecule is Cc1ccc(OCc2cc(Cl)ccc2F)c(CC(C)N)c1. The molecule has 0 amide bonds. The van der Waals surface area contributed by atoms with E-state index in [1.165, 1.54) is 12.1 Å². The molecule has 1 unspecified atom stereocenters. The predicted octanol–water partition coefficient (Wildman–Crippen LogP) is 4.26. The maximum atomic E-state index is 13.7. The normalized spacial score (nSPS) is 12.2. The van der Waals surface area contributed by atoms with Crippen LogP contribution in [0.4, 0.5) is 4.39 Å². The Morgan fingerprint density at radius 3 is 2.67 bits per heavy atom. The lowest BCUT2D eigenvalue weighted by Crippen LogP contribution is -2.18. The summed E-state index contributed by atoms with van der Waals surface area (Å²) >= 11 is 5.88. The number of benzene rings is 2. The molecule has 0 aliphatic heterocycles. The molecule has 112 valence electrons. The van der Waals surface area contributed by atoms with E-state index in [0.29, 0.717) is 10.6 Å². The van der Waals surface area contributed by atoms with Gasteiger partial charge in [0.25, 0.3) is 0 Å². The molecule has 0 saturated heterocycles. The van der Waals surface area contributed by atoms with Gasteiger partial charge in [-0.3, -0.25) is 0 Å². The van der Waals surface area contributed by atoms with Gasteiger partial charge in [0.15, 0.2) is 0 Å². The van der Waals surface area contributed by atoms with Crippen molar-refractivity contribution in [3.05, 3.63) is 63.9 Å². The van der Waals surface area contributed by atoms with E-state index < -0.39 is 0 Å². The molecular weight excluding hydrogens is 289 g/mol. The second-order valence-corrected chi connectivity index (χ2v) is 5.75. The third kappa shape index (κ3) is 4.45. The first kappa shape index (κ1) is 15.8. The first-order chi connectivity index (χ1) is 9.95. The Hall–Kier alpha value is -1.58. The molecule has 2 N–H and O–H groups in total. The number of nitrogens with two attached hydrogens (primary N) is 1. The van der Waals surface area contributed by atoms with Gasteiger partial charge in [0.2, 0.25) is 0 Å². The lowest BCUT2D eigenvalue weighted by atomic mass is 10.0. The van der Waals surface area contributed by atoms with Crippen molar-refractivity contribution in [3.63, 3.8) is 0 Å². The molecule has 0 spiro atoms. The second-order valence-electron chi connectivity index (χ2n) is 5.32. The Kier molecular flexibility index (Phi) is 5.21. The van der Waals surface area contributed by atoms with Gasteiger partial charge >= 0.3 is 0 Å². The summed E-state index contributed by atoms with van der Waals surface area (Å²) in [6.07, 6.45) is 0.717. The van der Waals surface area contributed by atoms with E-state index in [1.54, 1.807) is 6.07 Å².